The summed E-state index contributed by atoms with van der Waals surface area (Å²) in [4.78, 5) is 20.9. The standard InChI is InChI=1S/C16H26N4O3/c1-3-17-16(18-7-5-12-22-2)20-10-8-19(9-11-20)15(21)14-6-4-13-23-14/h4,6,13H,3,5,7-12H2,1-2H3,(H,17,18). The van der Waals surface area contributed by atoms with Crippen LogP contribution in [0.15, 0.2) is 27.8 Å². The first kappa shape index (κ1) is 17.3. The number of aliphatic imine (C=N–C) groups is 1. The molecule has 128 valence electrons. The van der Waals surface area contributed by atoms with Gasteiger partial charge >= 0.3 is 0 Å². The lowest BCUT2D eigenvalue weighted by molar-refractivity contribution is 0.0657. The molecule has 0 radical (unpaired) electrons. The maximum Gasteiger partial charge on any atom is 0.289 e. The molecule has 0 spiro atoms. The molecule has 1 N–H and O–H groups in total. The van der Waals surface area contributed by atoms with Crippen LogP contribution in [0.4, 0.5) is 0 Å². The molecule has 0 unspecified atom stereocenters. The summed E-state index contributed by atoms with van der Waals surface area (Å²) >= 11 is 0. The highest BCUT2D eigenvalue weighted by molar-refractivity contribution is 5.91. The third kappa shape index (κ3) is 4.99. The van der Waals surface area contributed by atoms with E-state index in [9.17, 15) is 4.79 Å². The van der Waals surface area contributed by atoms with Gasteiger partial charge in [-0.15, -0.1) is 0 Å². The number of piperazine rings is 1. The molecule has 2 heterocycles. The van der Waals surface area contributed by atoms with E-state index in [-0.39, 0.29) is 5.91 Å². The Balaban J connectivity index is 1.86. The Kier molecular flexibility index (Phi) is 6.93. The van der Waals surface area contributed by atoms with Crippen LogP contribution in [0.1, 0.15) is 23.9 Å². The van der Waals surface area contributed by atoms with E-state index in [1.807, 2.05) is 4.90 Å². The molecule has 2 rings (SSSR count). The maximum absolute atomic E-state index is 12.3. The average molecular weight is 322 g/mol. The van der Waals surface area contributed by atoms with Crippen LogP contribution in [0.5, 0.6) is 0 Å². The Labute approximate surface area is 137 Å². The van der Waals surface area contributed by atoms with Gasteiger partial charge in [-0.2, -0.15) is 0 Å². The highest BCUT2D eigenvalue weighted by Gasteiger charge is 2.24. The Hall–Kier alpha value is -2.02. The van der Waals surface area contributed by atoms with Gasteiger partial charge in [0.1, 0.15) is 0 Å². The van der Waals surface area contributed by atoms with E-state index >= 15 is 0 Å². The molecule has 1 aliphatic rings. The molecule has 0 atom stereocenters. The number of hydrogen-bond acceptors (Lipinski definition) is 4. The van der Waals surface area contributed by atoms with Crippen LogP contribution >= 0.6 is 0 Å². The number of hydrogen-bond donors (Lipinski definition) is 1. The van der Waals surface area contributed by atoms with Crippen LogP contribution in [-0.4, -0.2) is 74.7 Å². The van der Waals surface area contributed by atoms with Crippen LogP contribution in [0.3, 0.4) is 0 Å². The molecule has 0 aromatic carbocycles. The number of nitrogens with one attached hydrogen (secondary N) is 1. The molecule has 1 aliphatic heterocycles. The van der Waals surface area contributed by atoms with E-state index in [2.05, 4.69) is 22.1 Å². The van der Waals surface area contributed by atoms with Crippen molar-refractivity contribution in [2.24, 2.45) is 4.99 Å². The molecular weight excluding hydrogens is 296 g/mol. The molecule has 7 heteroatoms. The first-order valence-corrected chi connectivity index (χ1v) is 8.11. The summed E-state index contributed by atoms with van der Waals surface area (Å²) in [6.07, 6.45) is 2.43. The van der Waals surface area contributed by atoms with Gasteiger partial charge < -0.3 is 24.3 Å². The zero-order valence-electron chi connectivity index (χ0n) is 14.0. The van der Waals surface area contributed by atoms with Gasteiger partial charge in [0.05, 0.1) is 6.26 Å². The second kappa shape index (κ2) is 9.19. The van der Waals surface area contributed by atoms with Crippen molar-refractivity contribution in [3.05, 3.63) is 24.2 Å². The maximum atomic E-state index is 12.3. The van der Waals surface area contributed by atoms with Crippen molar-refractivity contribution in [3.63, 3.8) is 0 Å². The lowest BCUT2D eigenvalue weighted by Crippen LogP contribution is -2.53. The van der Waals surface area contributed by atoms with Crippen molar-refractivity contribution in [3.8, 4) is 0 Å². The van der Waals surface area contributed by atoms with Crippen LogP contribution in [0.2, 0.25) is 0 Å². The quantitative estimate of drug-likeness (QED) is 0.481. The third-order valence-electron chi connectivity index (χ3n) is 3.70. The first-order valence-electron chi connectivity index (χ1n) is 8.11. The van der Waals surface area contributed by atoms with E-state index in [0.29, 0.717) is 25.5 Å². The highest BCUT2D eigenvalue weighted by Crippen LogP contribution is 2.09. The Morgan fingerprint density at radius 3 is 2.70 bits per heavy atom. The second-order valence-electron chi connectivity index (χ2n) is 5.34. The molecular formula is C16H26N4O3. The van der Waals surface area contributed by atoms with E-state index in [1.54, 1.807) is 19.2 Å². The largest absolute Gasteiger partial charge is 0.459 e. The summed E-state index contributed by atoms with van der Waals surface area (Å²) in [6, 6.07) is 3.44. The monoisotopic (exact) mass is 322 g/mol. The van der Waals surface area contributed by atoms with Crippen molar-refractivity contribution >= 4 is 11.9 Å². The zero-order chi connectivity index (χ0) is 16.5. The summed E-state index contributed by atoms with van der Waals surface area (Å²) in [5.74, 6) is 1.27. The van der Waals surface area contributed by atoms with Gasteiger partial charge in [-0.1, -0.05) is 0 Å². The van der Waals surface area contributed by atoms with Crippen molar-refractivity contribution in [2.75, 3.05) is 53.0 Å². The number of guanidine groups is 1. The lowest BCUT2D eigenvalue weighted by atomic mass is 10.3. The molecule has 1 aromatic rings. The van der Waals surface area contributed by atoms with Crippen molar-refractivity contribution < 1.29 is 13.9 Å². The number of methoxy groups -OCH3 is 1. The average Bonchev–Trinajstić information content (AvgIpc) is 3.12. The topological polar surface area (TPSA) is 70.3 Å². The molecule has 1 saturated heterocycles. The van der Waals surface area contributed by atoms with Crippen LogP contribution in [-0.2, 0) is 4.74 Å². The van der Waals surface area contributed by atoms with Gasteiger partial charge in [0.15, 0.2) is 11.7 Å². The van der Waals surface area contributed by atoms with Crippen molar-refractivity contribution in [1.29, 1.82) is 0 Å². The molecule has 0 aliphatic carbocycles. The van der Waals surface area contributed by atoms with Crippen molar-refractivity contribution in [1.82, 2.24) is 15.1 Å². The summed E-state index contributed by atoms with van der Waals surface area (Å²) in [5.41, 5.74) is 0. The summed E-state index contributed by atoms with van der Waals surface area (Å²) in [5, 5.41) is 3.31. The fraction of sp³-hybridized carbons (Fsp3) is 0.625. The van der Waals surface area contributed by atoms with Crippen molar-refractivity contribution in [2.45, 2.75) is 13.3 Å². The van der Waals surface area contributed by atoms with Crippen LogP contribution in [0.25, 0.3) is 0 Å². The predicted molar refractivity (Wildman–Crippen MR) is 88.7 cm³/mol. The van der Waals surface area contributed by atoms with Gasteiger partial charge in [0, 0.05) is 53.0 Å². The number of ether oxygens (including phenoxy) is 1. The Bertz CT molecular complexity index is 493. The molecule has 7 nitrogen and oxygen atoms in total. The summed E-state index contributed by atoms with van der Waals surface area (Å²) in [7, 11) is 1.70. The number of rotatable bonds is 6. The van der Waals surface area contributed by atoms with Gasteiger partial charge in [-0.3, -0.25) is 9.79 Å². The number of nitrogens with zero attached hydrogens (tertiary/aromatic N) is 3. The molecule has 1 fully saturated rings. The normalized spacial score (nSPS) is 15.8. The number of amides is 1. The second-order valence-corrected chi connectivity index (χ2v) is 5.34. The summed E-state index contributed by atoms with van der Waals surface area (Å²) in [6.45, 7) is 7.21. The lowest BCUT2D eigenvalue weighted by Gasteiger charge is -2.36. The van der Waals surface area contributed by atoms with E-state index in [0.717, 1.165) is 38.6 Å². The fourth-order valence-corrected chi connectivity index (χ4v) is 2.50. The Morgan fingerprint density at radius 1 is 1.35 bits per heavy atom. The molecule has 0 saturated carbocycles. The smallest absolute Gasteiger partial charge is 0.289 e. The van der Waals surface area contributed by atoms with Crippen LogP contribution < -0.4 is 5.32 Å². The predicted octanol–water partition coefficient (Wildman–Crippen LogP) is 1.04. The summed E-state index contributed by atoms with van der Waals surface area (Å²) < 4.78 is 10.2. The Morgan fingerprint density at radius 2 is 2.09 bits per heavy atom. The SMILES string of the molecule is CCNC(=NCCCOC)N1CCN(C(=O)c2ccco2)CC1. The molecule has 1 amide bonds. The highest BCUT2D eigenvalue weighted by atomic mass is 16.5. The fourth-order valence-electron chi connectivity index (χ4n) is 2.50. The van der Waals surface area contributed by atoms with Gasteiger partial charge in [0.25, 0.3) is 5.91 Å². The van der Waals surface area contributed by atoms with E-state index < -0.39 is 0 Å². The molecule has 23 heavy (non-hydrogen) atoms. The van der Waals surface area contributed by atoms with Gasteiger partial charge in [-0.25, -0.2) is 0 Å². The molecule has 1 aromatic heterocycles. The number of furan rings is 1. The van der Waals surface area contributed by atoms with Crippen LogP contribution in [0, 0.1) is 0 Å². The van der Waals surface area contributed by atoms with E-state index in [1.165, 1.54) is 6.26 Å². The number of carbonyl (C=O) groups excluding carboxylic acids is 1. The number of carbonyl (C=O) groups is 1. The van der Waals surface area contributed by atoms with Gasteiger partial charge in [0.2, 0.25) is 0 Å². The molecule has 0 bridgehead atoms. The first-order chi connectivity index (χ1) is 11.3. The third-order valence-corrected chi connectivity index (χ3v) is 3.70. The zero-order valence-corrected chi connectivity index (χ0v) is 14.0. The minimum absolute atomic E-state index is 0.0447. The minimum Gasteiger partial charge on any atom is -0.459 e. The van der Waals surface area contributed by atoms with E-state index in [4.69, 9.17) is 9.15 Å². The minimum atomic E-state index is -0.0447. The van der Waals surface area contributed by atoms with Gasteiger partial charge in [-0.05, 0) is 25.5 Å².